The van der Waals surface area contributed by atoms with Gasteiger partial charge in [0.1, 0.15) is 5.75 Å². The molecule has 0 aliphatic carbocycles. The fourth-order valence-corrected chi connectivity index (χ4v) is 3.64. The van der Waals surface area contributed by atoms with Crippen LogP contribution in [-0.2, 0) is 6.42 Å². The van der Waals surface area contributed by atoms with Gasteiger partial charge in [0.15, 0.2) is 0 Å². The lowest BCUT2D eigenvalue weighted by Gasteiger charge is -2.36. The van der Waals surface area contributed by atoms with Gasteiger partial charge in [-0.2, -0.15) is 0 Å². The van der Waals surface area contributed by atoms with E-state index < -0.39 is 0 Å². The summed E-state index contributed by atoms with van der Waals surface area (Å²) in [6.07, 6.45) is 1.02. The molecule has 0 aromatic heterocycles. The summed E-state index contributed by atoms with van der Waals surface area (Å²) in [6.45, 7) is 5.42. The average Bonchev–Trinajstić information content (AvgIpc) is 2.50. The summed E-state index contributed by atoms with van der Waals surface area (Å²) >= 11 is 6.31. The van der Waals surface area contributed by atoms with Gasteiger partial charge >= 0.3 is 0 Å². The van der Waals surface area contributed by atoms with Gasteiger partial charge in [-0.25, -0.2) is 0 Å². The zero-order valence-corrected chi connectivity index (χ0v) is 14.4. The molecular weight excluding hydrogens is 294 g/mol. The van der Waals surface area contributed by atoms with E-state index in [4.69, 9.17) is 16.3 Å². The van der Waals surface area contributed by atoms with E-state index in [9.17, 15) is 0 Å². The lowest BCUT2D eigenvalue weighted by molar-refractivity contribution is 0.263. The number of benzene rings is 2. The highest BCUT2D eigenvalue weighted by atomic mass is 35.5. The van der Waals surface area contributed by atoms with Gasteiger partial charge in [-0.05, 0) is 67.3 Å². The first-order valence-corrected chi connectivity index (χ1v) is 8.03. The van der Waals surface area contributed by atoms with Crippen molar-refractivity contribution in [2.75, 3.05) is 20.7 Å². The van der Waals surface area contributed by atoms with Gasteiger partial charge in [-0.15, -0.1) is 0 Å². The smallest absolute Gasteiger partial charge is 0.137 e. The second-order valence-corrected chi connectivity index (χ2v) is 6.52. The summed E-state index contributed by atoms with van der Waals surface area (Å²) in [4.78, 5) is 2.41. The third-order valence-corrected chi connectivity index (χ3v) is 5.12. The Hall–Kier alpha value is -1.51. The Kier molecular flexibility index (Phi) is 4.16. The number of hydrogen-bond donors (Lipinski definition) is 0. The third-order valence-electron chi connectivity index (χ3n) is 4.82. The Bertz CT molecular complexity index is 711. The third kappa shape index (κ3) is 2.51. The first kappa shape index (κ1) is 15.4. The van der Waals surface area contributed by atoms with E-state index in [2.05, 4.69) is 56.1 Å². The molecule has 0 saturated heterocycles. The van der Waals surface area contributed by atoms with Crippen molar-refractivity contribution in [3.05, 3.63) is 63.2 Å². The first-order chi connectivity index (χ1) is 10.5. The van der Waals surface area contributed by atoms with Gasteiger partial charge < -0.3 is 4.74 Å². The highest BCUT2D eigenvalue weighted by Gasteiger charge is 2.28. The van der Waals surface area contributed by atoms with Crippen LogP contribution >= 0.6 is 11.6 Å². The zero-order valence-electron chi connectivity index (χ0n) is 13.6. The summed E-state index contributed by atoms with van der Waals surface area (Å²) in [5.41, 5.74) is 6.70. The number of ether oxygens (including phenoxy) is 1. The van der Waals surface area contributed by atoms with E-state index >= 15 is 0 Å². The van der Waals surface area contributed by atoms with Crippen LogP contribution in [0.5, 0.6) is 5.75 Å². The number of aryl methyl sites for hydroxylation is 1. The largest absolute Gasteiger partial charge is 0.495 e. The quantitative estimate of drug-likeness (QED) is 0.806. The normalized spacial score (nSPS) is 18.1. The van der Waals surface area contributed by atoms with Crippen molar-refractivity contribution in [3.63, 3.8) is 0 Å². The van der Waals surface area contributed by atoms with Crippen LogP contribution < -0.4 is 4.74 Å². The fourth-order valence-electron chi connectivity index (χ4n) is 3.38. The van der Waals surface area contributed by atoms with E-state index in [1.807, 2.05) is 0 Å². The van der Waals surface area contributed by atoms with Crippen LogP contribution in [0.2, 0.25) is 5.02 Å². The molecule has 1 atom stereocenters. The molecule has 2 aromatic carbocycles. The molecule has 0 bridgehead atoms. The average molecular weight is 316 g/mol. The van der Waals surface area contributed by atoms with Gasteiger partial charge in [0, 0.05) is 6.54 Å². The first-order valence-electron chi connectivity index (χ1n) is 7.65. The summed E-state index contributed by atoms with van der Waals surface area (Å²) < 4.78 is 5.43. The van der Waals surface area contributed by atoms with Crippen molar-refractivity contribution in [2.45, 2.75) is 26.3 Å². The van der Waals surface area contributed by atoms with Gasteiger partial charge in [0.2, 0.25) is 0 Å². The van der Waals surface area contributed by atoms with Crippen molar-refractivity contribution in [2.24, 2.45) is 0 Å². The second-order valence-electron chi connectivity index (χ2n) is 6.11. The molecule has 1 heterocycles. The van der Waals surface area contributed by atoms with Crippen molar-refractivity contribution in [1.29, 1.82) is 0 Å². The number of rotatable bonds is 2. The lowest BCUT2D eigenvalue weighted by Crippen LogP contribution is -2.33. The van der Waals surface area contributed by atoms with Gasteiger partial charge in [0.05, 0.1) is 18.2 Å². The molecule has 1 aliphatic rings. The SMILES string of the molecule is COc1cc2c(cc1Cl)CCN(C)C2c1cccc(C)c1C. The molecule has 3 heteroatoms. The summed E-state index contributed by atoms with van der Waals surface area (Å²) in [5.74, 6) is 0.756. The second kappa shape index (κ2) is 5.94. The number of fused-ring (bicyclic) bond motifs is 1. The maximum Gasteiger partial charge on any atom is 0.137 e. The predicted octanol–water partition coefficient (Wildman–Crippen LogP) is 4.54. The molecule has 0 saturated carbocycles. The van der Waals surface area contributed by atoms with E-state index in [1.165, 1.54) is 27.8 Å². The van der Waals surface area contributed by atoms with Crippen LogP contribution in [0.25, 0.3) is 0 Å². The minimum Gasteiger partial charge on any atom is -0.495 e. The number of methoxy groups -OCH3 is 1. The molecule has 2 aromatic rings. The minimum atomic E-state index is 0.259. The molecule has 0 radical (unpaired) electrons. The van der Waals surface area contributed by atoms with Crippen molar-refractivity contribution >= 4 is 11.6 Å². The van der Waals surface area contributed by atoms with E-state index in [0.717, 1.165) is 18.7 Å². The van der Waals surface area contributed by atoms with E-state index in [-0.39, 0.29) is 6.04 Å². The van der Waals surface area contributed by atoms with Crippen LogP contribution in [0, 0.1) is 13.8 Å². The van der Waals surface area contributed by atoms with E-state index in [0.29, 0.717) is 5.02 Å². The van der Waals surface area contributed by atoms with Gasteiger partial charge in [0.25, 0.3) is 0 Å². The molecule has 1 unspecified atom stereocenters. The van der Waals surface area contributed by atoms with Crippen LogP contribution in [0.1, 0.15) is 33.9 Å². The lowest BCUT2D eigenvalue weighted by atomic mass is 9.85. The maximum atomic E-state index is 6.31. The summed E-state index contributed by atoms with van der Waals surface area (Å²) in [7, 11) is 3.86. The summed E-state index contributed by atoms with van der Waals surface area (Å²) in [6, 6.07) is 11.0. The monoisotopic (exact) mass is 315 g/mol. The molecule has 0 fully saturated rings. The Balaban J connectivity index is 2.19. The van der Waals surface area contributed by atoms with Crippen LogP contribution in [0.3, 0.4) is 0 Å². The topological polar surface area (TPSA) is 12.5 Å². The van der Waals surface area contributed by atoms with Crippen molar-refractivity contribution in [1.82, 2.24) is 4.90 Å². The molecule has 0 spiro atoms. The number of likely N-dealkylation sites (N-methyl/N-ethyl adjacent to an activating group) is 1. The fraction of sp³-hybridized carbons (Fsp3) is 0.368. The molecule has 0 amide bonds. The molecule has 22 heavy (non-hydrogen) atoms. The minimum absolute atomic E-state index is 0.259. The molecule has 0 N–H and O–H groups in total. The highest BCUT2D eigenvalue weighted by Crippen LogP contribution is 2.40. The van der Waals surface area contributed by atoms with Crippen LogP contribution in [0.15, 0.2) is 30.3 Å². The standard InChI is InChI=1S/C19H22ClNO/c1-12-6-5-7-15(13(12)2)19-16-11-18(22-4)17(20)10-14(16)8-9-21(19)3/h5-7,10-11,19H,8-9H2,1-4H3. The summed E-state index contributed by atoms with van der Waals surface area (Å²) in [5, 5.41) is 0.700. The number of nitrogens with zero attached hydrogens (tertiary/aromatic N) is 1. The highest BCUT2D eigenvalue weighted by molar-refractivity contribution is 6.32. The Morgan fingerprint density at radius 1 is 1.18 bits per heavy atom. The van der Waals surface area contributed by atoms with E-state index in [1.54, 1.807) is 7.11 Å². The van der Waals surface area contributed by atoms with Crippen LogP contribution in [0.4, 0.5) is 0 Å². The van der Waals surface area contributed by atoms with Gasteiger partial charge in [-0.3, -0.25) is 4.90 Å². The predicted molar refractivity (Wildman–Crippen MR) is 92.1 cm³/mol. The number of halogens is 1. The molecule has 1 aliphatic heterocycles. The molecule has 2 nitrogen and oxygen atoms in total. The maximum absolute atomic E-state index is 6.31. The molecule has 116 valence electrons. The Morgan fingerprint density at radius 2 is 1.95 bits per heavy atom. The Labute approximate surface area is 137 Å². The zero-order chi connectivity index (χ0) is 15.9. The Morgan fingerprint density at radius 3 is 2.68 bits per heavy atom. The molecular formula is C19H22ClNO. The van der Waals surface area contributed by atoms with Crippen molar-refractivity contribution < 1.29 is 4.74 Å². The van der Waals surface area contributed by atoms with Crippen LogP contribution in [-0.4, -0.2) is 25.6 Å². The van der Waals surface area contributed by atoms with Gasteiger partial charge in [-0.1, -0.05) is 29.8 Å². The van der Waals surface area contributed by atoms with Crippen molar-refractivity contribution in [3.8, 4) is 5.75 Å². The number of hydrogen-bond acceptors (Lipinski definition) is 2. The molecule has 3 rings (SSSR count).